The first-order valence-corrected chi connectivity index (χ1v) is 6.37. The largest absolute Gasteiger partial charge is 0.477 e. The summed E-state index contributed by atoms with van der Waals surface area (Å²) in [5, 5.41) is 8.87. The molecule has 0 saturated carbocycles. The molecule has 0 aliphatic carbocycles. The molecule has 0 bridgehead atoms. The van der Waals surface area contributed by atoms with Crippen molar-refractivity contribution < 1.29 is 23.1 Å². The lowest BCUT2D eigenvalue weighted by Crippen LogP contribution is -2.35. The molecule has 1 saturated heterocycles. The number of carboxylic acid groups (broad SMARTS) is 1. The molecular formula is C13H15F3N2O2. The highest BCUT2D eigenvalue weighted by atomic mass is 19.4. The van der Waals surface area contributed by atoms with Crippen molar-refractivity contribution in [2.45, 2.75) is 25.4 Å². The monoisotopic (exact) mass is 288 g/mol. The van der Waals surface area contributed by atoms with Crippen LogP contribution in [0.1, 0.15) is 29.8 Å². The van der Waals surface area contributed by atoms with Gasteiger partial charge in [0.1, 0.15) is 5.82 Å². The van der Waals surface area contributed by atoms with E-state index in [1.807, 2.05) is 4.90 Å². The first-order chi connectivity index (χ1) is 9.35. The van der Waals surface area contributed by atoms with E-state index in [1.54, 1.807) is 12.1 Å². The summed E-state index contributed by atoms with van der Waals surface area (Å²) in [5.41, 5.74) is -0.0556. The molecule has 1 aromatic rings. The quantitative estimate of drug-likeness (QED) is 0.929. The standard InChI is InChI=1S/C13H15F3N2O2/c14-13(15,16)8-9-4-6-18(7-5-9)11-3-1-2-10(17-11)12(19)20/h1-3,9H,4-8H2,(H,19,20). The molecule has 1 aromatic heterocycles. The molecule has 110 valence electrons. The molecule has 0 atom stereocenters. The molecule has 1 aliphatic rings. The number of rotatable bonds is 3. The predicted octanol–water partition coefficient (Wildman–Crippen LogP) is 2.95. The van der Waals surface area contributed by atoms with E-state index in [2.05, 4.69) is 4.98 Å². The van der Waals surface area contributed by atoms with Crippen LogP contribution in [0.2, 0.25) is 0 Å². The topological polar surface area (TPSA) is 53.4 Å². The Labute approximate surface area is 114 Å². The van der Waals surface area contributed by atoms with Gasteiger partial charge in [-0.2, -0.15) is 13.2 Å². The molecule has 20 heavy (non-hydrogen) atoms. The Morgan fingerprint density at radius 2 is 2.00 bits per heavy atom. The minimum Gasteiger partial charge on any atom is -0.477 e. The zero-order chi connectivity index (χ0) is 14.8. The van der Waals surface area contributed by atoms with Crippen LogP contribution in [0.5, 0.6) is 0 Å². The molecule has 0 amide bonds. The van der Waals surface area contributed by atoms with E-state index in [9.17, 15) is 18.0 Å². The van der Waals surface area contributed by atoms with Gasteiger partial charge in [-0.25, -0.2) is 9.78 Å². The van der Waals surface area contributed by atoms with Crippen molar-refractivity contribution in [2.24, 2.45) is 5.92 Å². The van der Waals surface area contributed by atoms with Crippen LogP contribution in [0.25, 0.3) is 0 Å². The van der Waals surface area contributed by atoms with Crippen molar-refractivity contribution in [3.63, 3.8) is 0 Å². The van der Waals surface area contributed by atoms with Crippen molar-refractivity contribution in [1.82, 2.24) is 4.98 Å². The minimum atomic E-state index is -4.12. The number of carbonyl (C=O) groups is 1. The lowest BCUT2D eigenvalue weighted by atomic mass is 9.93. The molecule has 2 rings (SSSR count). The van der Waals surface area contributed by atoms with Gasteiger partial charge in [0.05, 0.1) is 0 Å². The second-order valence-electron chi connectivity index (χ2n) is 4.94. The number of hydrogen-bond acceptors (Lipinski definition) is 3. The molecular weight excluding hydrogens is 273 g/mol. The predicted molar refractivity (Wildman–Crippen MR) is 66.8 cm³/mol. The van der Waals surface area contributed by atoms with E-state index < -0.39 is 18.6 Å². The summed E-state index contributed by atoms with van der Waals surface area (Å²) in [6.07, 6.45) is -3.98. The fraction of sp³-hybridized carbons (Fsp3) is 0.538. The molecule has 0 spiro atoms. The molecule has 1 N–H and O–H groups in total. The van der Waals surface area contributed by atoms with Crippen LogP contribution in [0.4, 0.5) is 19.0 Å². The highest BCUT2D eigenvalue weighted by Gasteiger charge is 2.33. The molecule has 2 heterocycles. The Morgan fingerprint density at radius 3 is 2.55 bits per heavy atom. The van der Waals surface area contributed by atoms with Gasteiger partial charge in [-0.05, 0) is 30.9 Å². The lowest BCUT2D eigenvalue weighted by Gasteiger charge is -2.33. The van der Waals surface area contributed by atoms with Gasteiger partial charge in [-0.1, -0.05) is 6.07 Å². The van der Waals surface area contributed by atoms with E-state index in [-0.39, 0.29) is 11.6 Å². The Balaban J connectivity index is 1.97. The average molecular weight is 288 g/mol. The molecule has 1 fully saturated rings. The number of anilines is 1. The number of alkyl halides is 3. The number of halogens is 3. The normalized spacial score (nSPS) is 17.2. The summed E-state index contributed by atoms with van der Waals surface area (Å²) < 4.78 is 36.9. The third-order valence-electron chi connectivity index (χ3n) is 3.41. The maximum absolute atomic E-state index is 12.3. The van der Waals surface area contributed by atoms with Crippen LogP contribution in [0.3, 0.4) is 0 Å². The first kappa shape index (κ1) is 14.6. The van der Waals surface area contributed by atoms with Crippen LogP contribution in [0.15, 0.2) is 18.2 Å². The van der Waals surface area contributed by atoms with Crippen LogP contribution in [-0.4, -0.2) is 35.3 Å². The zero-order valence-corrected chi connectivity index (χ0v) is 10.7. The SMILES string of the molecule is O=C(O)c1cccc(N2CCC(CC(F)(F)F)CC2)n1. The molecule has 0 aromatic carbocycles. The van der Waals surface area contributed by atoms with Gasteiger partial charge >= 0.3 is 12.1 Å². The van der Waals surface area contributed by atoms with Gasteiger partial charge in [0, 0.05) is 19.5 Å². The van der Waals surface area contributed by atoms with Gasteiger partial charge in [0.2, 0.25) is 0 Å². The summed E-state index contributed by atoms with van der Waals surface area (Å²) in [5.74, 6) is -0.955. The van der Waals surface area contributed by atoms with Crippen molar-refractivity contribution in [3.05, 3.63) is 23.9 Å². The molecule has 4 nitrogen and oxygen atoms in total. The van der Waals surface area contributed by atoms with Crippen molar-refractivity contribution >= 4 is 11.8 Å². The van der Waals surface area contributed by atoms with Gasteiger partial charge in [-0.15, -0.1) is 0 Å². The Hall–Kier alpha value is -1.79. The smallest absolute Gasteiger partial charge is 0.389 e. The second-order valence-corrected chi connectivity index (χ2v) is 4.94. The Bertz CT molecular complexity index is 483. The molecule has 1 aliphatic heterocycles. The van der Waals surface area contributed by atoms with E-state index in [0.29, 0.717) is 31.7 Å². The average Bonchev–Trinajstić information content (AvgIpc) is 2.38. The van der Waals surface area contributed by atoms with Crippen molar-refractivity contribution in [2.75, 3.05) is 18.0 Å². The van der Waals surface area contributed by atoms with Gasteiger partial charge in [0.25, 0.3) is 0 Å². The van der Waals surface area contributed by atoms with E-state index >= 15 is 0 Å². The second kappa shape index (κ2) is 5.68. The number of carboxylic acids is 1. The number of piperidine rings is 1. The van der Waals surface area contributed by atoms with Crippen LogP contribution >= 0.6 is 0 Å². The maximum Gasteiger partial charge on any atom is 0.389 e. The lowest BCUT2D eigenvalue weighted by molar-refractivity contribution is -0.145. The van der Waals surface area contributed by atoms with Crippen LogP contribution in [-0.2, 0) is 0 Å². The van der Waals surface area contributed by atoms with E-state index in [1.165, 1.54) is 6.07 Å². The number of pyridine rings is 1. The third kappa shape index (κ3) is 3.85. The van der Waals surface area contributed by atoms with Crippen molar-refractivity contribution in [1.29, 1.82) is 0 Å². The first-order valence-electron chi connectivity index (χ1n) is 6.37. The highest BCUT2D eigenvalue weighted by molar-refractivity contribution is 5.85. The minimum absolute atomic E-state index is 0.0556. The van der Waals surface area contributed by atoms with E-state index in [4.69, 9.17) is 5.11 Å². The van der Waals surface area contributed by atoms with Crippen LogP contribution < -0.4 is 4.90 Å². The number of hydrogen-bond donors (Lipinski definition) is 1. The summed E-state index contributed by atoms with van der Waals surface area (Å²) in [6, 6.07) is 4.66. The summed E-state index contributed by atoms with van der Waals surface area (Å²) in [6.45, 7) is 0.938. The number of aromatic carboxylic acids is 1. The van der Waals surface area contributed by atoms with E-state index in [0.717, 1.165) is 0 Å². The zero-order valence-electron chi connectivity index (χ0n) is 10.7. The summed E-state index contributed by atoms with van der Waals surface area (Å²) in [4.78, 5) is 16.7. The Morgan fingerprint density at radius 1 is 1.35 bits per heavy atom. The van der Waals surface area contributed by atoms with Gasteiger partial charge in [-0.3, -0.25) is 0 Å². The fourth-order valence-corrected chi connectivity index (χ4v) is 2.41. The van der Waals surface area contributed by atoms with Gasteiger partial charge in [0.15, 0.2) is 5.69 Å². The Kier molecular flexibility index (Phi) is 4.15. The van der Waals surface area contributed by atoms with Gasteiger partial charge < -0.3 is 10.0 Å². The fourth-order valence-electron chi connectivity index (χ4n) is 2.41. The number of nitrogens with zero attached hydrogens (tertiary/aromatic N) is 2. The highest BCUT2D eigenvalue weighted by Crippen LogP contribution is 2.31. The summed E-state index contributed by atoms with van der Waals surface area (Å²) >= 11 is 0. The number of aromatic nitrogens is 1. The molecule has 0 unspecified atom stereocenters. The van der Waals surface area contributed by atoms with Crippen LogP contribution in [0, 0.1) is 5.92 Å². The maximum atomic E-state index is 12.3. The summed E-state index contributed by atoms with van der Waals surface area (Å²) in [7, 11) is 0. The molecule has 7 heteroatoms. The third-order valence-corrected chi connectivity index (χ3v) is 3.41. The van der Waals surface area contributed by atoms with Crippen molar-refractivity contribution in [3.8, 4) is 0 Å². The molecule has 0 radical (unpaired) electrons.